The zero-order chi connectivity index (χ0) is 13.7. The number of nitrogens with one attached hydrogen (secondary N) is 1. The fourth-order valence-corrected chi connectivity index (χ4v) is 1.87. The Labute approximate surface area is 116 Å². The molecule has 1 aromatic carbocycles. The van der Waals surface area contributed by atoms with Crippen LogP contribution in [0.5, 0.6) is 0 Å². The van der Waals surface area contributed by atoms with Crippen LogP contribution in [-0.2, 0) is 18.0 Å². The normalized spacial score (nSPS) is 10.4. The highest BCUT2D eigenvalue weighted by Gasteiger charge is 2.06. The highest BCUT2D eigenvalue weighted by molar-refractivity contribution is 6.31. The summed E-state index contributed by atoms with van der Waals surface area (Å²) in [4.78, 5) is 4.07. The molecule has 0 aliphatic carbocycles. The fraction of sp³-hybridized carbons (Fsp3) is 0.143. The third-order valence-electron chi connectivity index (χ3n) is 2.62. The first kappa shape index (κ1) is 13.5. The molecule has 1 heterocycles. The second-order valence-corrected chi connectivity index (χ2v) is 4.42. The number of halogens is 1. The minimum Gasteiger partial charge on any atom is -0.382 e. The number of hydrogen-bond donors (Lipinski definition) is 2. The monoisotopic (exact) mass is 275 g/mol. The van der Waals surface area contributed by atoms with Crippen LogP contribution in [-0.4, -0.2) is 10.8 Å². The Morgan fingerprint density at radius 3 is 2.58 bits per heavy atom. The van der Waals surface area contributed by atoms with Crippen LogP contribution in [0.1, 0.15) is 16.8 Å². The molecule has 1 aromatic heterocycles. The number of rotatable bonds is 5. The van der Waals surface area contributed by atoms with Gasteiger partial charge < -0.3 is 10.5 Å². The van der Waals surface area contributed by atoms with Gasteiger partial charge in [-0.3, -0.25) is 10.4 Å². The van der Waals surface area contributed by atoms with Crippen LogP contribution in [0.25, 0.3) is 0 Å². The van der Waals surface area contributed by atoms with Crippen LogP contribution < -0.4 is 5.73 Å². The van der Waals surface area contributed by atoms with Gasteiger partial charge in [0, 0.05) is 16.8 Å². The maximum absolute atomic E-state index is 7.45. The molecule has 0 amide bonds. The first-order valence-electron chi connectivity index (χ1n) is 5.78. The van der Waals surface area contributed by atoms with Gasteiger partial charge in [-0.2, -0.15) is 0 Å². The molecular weight excluding hydrogens is 262 g/mol. The molecule has 0 aliphatic rings. The van der Waals surface area contributed by atoms with Crippen molar-refractivity contribution in [1.82, 2.24) is 4.98 Å². The molecule has 2 rings (SSSR count). The second kappa shape index (κ2) is 6.31. The predicted octanol–water partition coefficient (Wildman–Crippen LogP) is 2.74. The van der Waals surface area contributed by atoms with Gasteiger partial charge in [0.1, 0.15) is 11.5 Å². The molecule has 0 fully saturated rings. The van der Waals surface area contributed by atoms with Gasteiger partial charge in [0.05, 0.1) is 13.2 Å². The molecule has 0 radical (unpaired) electrons. The lowest BCUT2D eigenvalue weighted by Crippen LogP contribution is -2.16. The maximum atomic E-state index is 7.45. The number of nitrogen functional groups attached to an aromatic ring is 1. The number of benzene rings is 1. The van der Waals surface area contributed by atoms with E-state index in [0.717, 1.165) is 11.1 Å². The number of aromatic nitrogens is 1. The highest BCUT2D eigenvalue weighted by Crippen LogP contribution is 2.16. The van der Waals surface area contributed by atoms with Crippen molar-refractivity contribution in [3.05, 3.63) is 64.4 Å². The van der Waals surface area contributed by atoms with Gasteiger partial charge in [0.15, 0.2) is 0 Å². The number of nitrogens with zero attached hydrogens (tertiary/aromatic N) is 1. The molecule has 0 unspecified atom stereocenters. The predicted molar refractivity (Wildman–Crippen MR) is 75.2 cm³/mol. The largest absolute Gasteiger partial charge is 0.382 e. The van der Waals surface area contributed by atoms with Crippen LogP contribution >= 0.6 is 11.6 Å². The van der Waals surface area contributed by atoms with Crippen molar-refractivity contribution in [3.8, 4) is 0 Å². The summed E-state index contributed by atoms with van der Waals surface area (Å²) in [6.07, 6.45) is 1.61. The summed E-state index contributed by atoms with van der Waals surface area (Å²) in [5.41, 5.74) is 7.65. The summed E-state index contributed by atoms with van der Waals surface area (Å²) in [5.74, 6) is -0.0584. The Bertz CT molecular complexity index is 586. The van der Waals surface area contributed by atoms with E-state index in [-0.39, 0.29) is 5.84 Å². The van der Waals surface area contributed by atoms with Crippen LogP contribution in [0, 0.1) is 5.41 Å². The van der Waals surface area contributed by atoms with E-state index >= 15 is 0 Å². The van der Waals surface area contributed by atoms with Crippen molar-refractivity contribution in [2.75, 3.05) is 0 Å². The molecule has 0 saturated heterocycles. The first-order valence-corrected chi connectivity index (χ1v) is 6.15. The summed E-state index contributed by atoms with van der Waals surface area (Å²) < 4.78 is 5.60. The van der Waals surface area contributed by atoms with Crippen LogP contribution in [0.4, 0.5) is 0 Å². The summed E-state index contributed by atoms with van der Waals surface area (Å²) >= 11 is 6.04. The van der Waals surface area contributed by atoms with Crippen molar-refractivity contribution < 1.29 is 4.74 Å². The lowest BCUT2D eigenvalue weighted by molar-refractivity contribution is 0.107. The SMILES string of the molecule is N=C(N)c1ncccc1COCc1ccccc1Cl. The minimum absolute atomic E-state index is 0.0584. The Hall–Kier alpha value is -1.91. The van der Waals surface area contributed by atoms with E-state index in [1.807, 2.05) is 30.3 Å². The summed E-state index contributed by atoms with van der Waals surface area (Å²) in [5, 5.41) is 8.13. The van der Waals surface area contributed by atoms with Crippen LogP contribution in [0.15, 0.2) is 42.6 Å². The van der Waals surface area contributed by atoms with E-state index in [4.69, 9.17) is 27.5 Å². The Morgan fingerprint density at radius 1 is 1.16 bits per heavy atom. The van der Waals surface area contributed by atoms with E-state index in [0.29, 0.717) is 23.9 Å². The third-order valence-corrected chi connectivity index (χ3v) is 2.99. The van der Waals surface area contributed by atoms with Crippen LogP contribution in [0.3, 0.4) is 0 Å². The lowest BCUT2D eigenvalue weighted by atomic mass is 10.2. The van der Waals surface area contributed by atoms with Gasteiger partial charge in [-0.05, 0) is 17.7 Å². The Morgan fingerprint density at radius 2 is 1.84 bits per heavy atom. The van der Waals surface area contributed by atoms with Crippen molar-refractivity contribution in [2.45, 2.75) is 13.2 Å². The minimum atomic E-state index is -0.0584. The van der Waals surface area contributed by atoms with Gasteiger partial charge in [-0.1, -0.05) is 35.9 Å². The average Bonchev–Trinajstić information content (AvgIpc) is 2.41. The second-order valence-electron chi connectivity index (χ2n) is 4.01. The summed E-state index contributed by atoms with van der Waals surface area (Å²) in [6, 6.07) is 11.2. The molecular formula is C14H14ClN3O. The van der Waals surface area contributed by atoms with E-state index < -0.39 is 0 Å². The first-order chi connectivity index (χ1) is 9.18. The topological polar surface area (TPSA) is 72.0 Å². The molecule has 4 nitrogen and oxygen atoms in total. The molecule has 0 bridgehead atoms. The van der Waals surface area contributed by atoms with Gasteiger partial charge in [-0.15, -0.1) is 0 Å². The van der Waals surface area contributed by atoms with Gasteiger partial charge >= 0.3 is 0 Å². The average molecular weight is 276 g/mol. The van der Waals surface area contributed by atoms with Gasteiger partial charge in [0.25, 0.3) is 0 Å². The molecule has 0 aliphatic heterocycles. The molecule has 2 aromatic rings. The molecule has 0 atom stereocenters. The van der Waals surface area contributed by atoms with Crippen molar-refractivity contribution >= 4 is 17.4 Å². The van der Waals surface area contributed by atoms with E-state index in [1.165, 1.54) is 0 Å². The van der Waals surface area contributed by atoms with Crippen molar-refractivity contribution in [1.29, 1.82) is 5.41 Å². The smallest absolute Gasteiger partial charge is 0.142 e. The number of nitrogens with two attached hydrogens (primary N) is 1. The highest BCUT2D eigenvalue weighted by atomic mass is 35.5. The number of amidine groups is 1. The molecule has 3 N–H and O–H groups in total. The van der Waals surface area contributed by atoms with Gasteiger partial charge in [-0.25, -0.2) is 0 Å². The zero-order valence-corrected chi connectivity index (χ0v) is 11.0. The van der Waals surface area contributed by atoms with E-state index in [2.05, 4.69) is 4.98 Å². The molecule has 0 spiro atoms. The molecule has 19 heavy (non-hydrogen) atoms. The van der Waals surface area contributed by atoms with E-state index in [9.17, 15) is 0 Å². The summed E-state index contributed by atoms with van der Waals surface area (Å²) in [7, 11) is 0. The van der Waals surface area contributed by atoms with E-state index in [1.54, 1.807) is 12.3 Å². The number of ether oxygens (including phenoxy) is 1. The number of pyridine rings is 1. The van der Waals surface area contributed by atoms with Crippen LogP contribution in [0.2, 0.25) is 5.02 Å². The fourth-order valence-electron chi connectivity index (χ4n) is 1.68. The maximum Gasteiger partial charge on any atom is 0.142 e. The van der Waals surface area contributed by atoms with Crippen molar-refractivity contribution in [2.24, 2.45) is 5.73 Å². The molecule has 98 valence electrons. The standard InChI is InChI=1S/C14H14ClN3O/c15-12-6-2-1-4-10(12)8-19-9-11-5-3-7-18-13(11)14(16)17/h1-7H,8-9H2,(H3,16,17). The third kappa shape index (κ3) is 3.53. The summed E-state index contributed by atoms with van der Waals surface area (Å²) in [6.45, 7) is 0.750. The molecule has 0 saturated carbocycles. The number of hydrogen-bond acceptors (Lipinski definition) is 3. The molecule has 5 heteroatoms. The Balaban J connectivity index is 2.00. The Kier molecular flexibility index (Phi) is 4.49. The van der Waals surface area contributed by atoms with Crippen molar-refractivity contribution in [3.63, 3.8) is 0 Å². The lowest BCUT2D eigenvalue weighted by Gasteiger charge is -2.09. The quantitative estimate of drug-likeness (QED) is 0.651. The van der Waals surface area contributed by atoms with Gasteiger partial charge in [0.2, 0.25) is 0 Å². The zero-order valence-electron chi connectivity index (χ0n) is 10.3.